The third kappa shape index (κ3) is 3.06. The Morgan fingerprint density at radius 1 is 1.70 bits per heavy atom. The fourth-order valence-electron chi connectivity index (χ4n) is 2.69. The Bertz CT molecular complexity index is 487. The van der Waals surface area contributed by atoms with Gasteiger partial charge in [0.15, 0.2) is 0 Å². The molecule has 2 aliphatic heterocycles. The van der Waals surface area contributed by atoms with Crippen molar-refractivity contribution in [2.75, 3.05) is 23.8 Å². The van der Waals surface area contributed by atoms with E-state index in [0.29, 0.717) is 6.61 Å². The Hall–Kier alpha value is -1.28. The summed E-state index contributed by atoms with van der Waals surface area (Å²) in [4.78, 5) is 15.7. The van der Waals surface area contributed by atoms with E-state index in [4.69, 9.17) is 15.2 Å². The highest BCUT2D eigenvalue weighted by Crippen LogP contribution is 2.39. The van der Waals surface area contributed by atoms with Crippen molar-refractivity contribution in [2.45, 2.75) is 37.5 Å². The number of thioether (sulfide) groups is 1. The molecule has 1 spiro atoms. The molecule has 2 aliphatic rings. The Labute approximate surface area is 121 Å². The van der Waals surface area contributed by atoms with Crippen LogP contribution in [0.1, 0.15) is 19.3 Å². The maximum Gasteiger partial charge on any atom is 0.328 e. The first kappa shape index (κ1) is 13.7. The minimum atomic E-state index is -0.303. The van der Waals surface area contributed by atoms with Crippen molar-refractivity contribution in [3.63, 3.8) is 0 Å². The van der Waals surface area contributed by atoms with E-state index in [1.54, 1.807) is 0 Å². The Balaban J connectivity index is 1.53. The summed E-state index contributed by atoms with van der Waals surface area (Å²) in [5, 5.41) is 3.87. The number of carbonyl (C=O) groups is 1. The van der Waals surface area contributed by atoms with Crippen molar-refractivity contribution in [3.05, 3.63) is 6.33 Å². The normalized spacial score (nSPS) is 29.7. The van der Waals surface area contributed by atoms with Gasteiger partial charge in [-0.1, -0.05) is 0 Å². The van der Waals surface area contributed by atoms with Gasteiger partial charge < -0.3 is 15.2 Å². The van der Waals surface area contributed by atoms with Gasteiger partial charge in [0.25, 0.3) is 0 Å². The van der Waals surface area contributed by atoms with Crippen molar-refractivity contribution < 1.29 is 14.3 Å². The molecule has 2 saturated heterocycles. The maximum atomic E-state index is 11.9. The summed E-state index contributed by atoms with van der Waals surface area (Å²) in [6.45, 7) is 0.706. The van der Waals surface area contributed by atoms with Crippen LogP contribution >= 0.6 is 11.8 Å². The van der Waals surface area contributed by atoms with E-state index in [1.807, 2.05) is 11.8 Å². The average Bonchev–Trinajstić information content (AvgIpc) is 2.99. The van der Waals surface area contributed by atoms with Crippen molar-refractivity contribution >= 4 is 23.7 Å². The first-order chi connectivity index (χ1) is 9.65. The lowest BCUT2D eigenvalue weighted by Gasteiger charge is -2.37. The molecule has 0 amide bonds. The highest BCUT2D eigenvalue weighted by Gasteiger charge is 2.41. The molecular formula is C12H18N4O3S. The van der Waals surface area contributed by atoms with Crippen LogP contribution < -0.4 is 5.73 Å². The fraction of sp³-hybridized carbons (Fsp3) is 0.750. The second-order valence-electron chi connectivity index (χ2n) is 5.24. The van der Waals surface area contributed by atoms with Gasteiger partial charge >= 0.3 is 5.97 Å². The first-order valence-corrected chi connectivity index (χ1v) is 7.87. The quantitative estimate of drug-likeness (QED) is 0.810. The number of rotatable bonds is 3. The number of esters is 1. The van der Waals surface area contributed by atoms with Gasteiger partial charge in [-0.2, -0.15) is 11.8 Å². The molecule has 0 saturated carbocycles. The SMILES string of the molecule is Nc1ncn(CC(=O)OC2CCOC3(CCSC3)C2)n1. The molecule has 1 aromatic heterocycles. The summed E-state index contributed by atoms with van der Waals surface area (Å²) in [6.07, 6.45) is 3.97. The van der Waals surface area contributed by atoms with Crippen LogP contribution in [0.15, 0.2) is 6.33 Å². The van der Waals surface area contributed by atoms with Gasteiger partial charge in [-0.3, -0.25) is 4.79 Å². The van der Waals surface area contributed by atoms with E-state index in [1.165, 1.54) is 11.0 Å². The summed E-state index contributed by atoms with van der Waals surface area (Å²) >= 11 is 1.90. The maximum absolute atomic E-state index is 11.9. The molecule has 8 heteroatoms. The van der Waals surface area contributed by atoms with E-state index < -0.39 is 0 Å². The molecule has 2 atom stereocenters. The monoisotopic (exact) mass is 298 g/mol. The molecule has 3 rings (SSSR count). The van der Waals surface area contributed by atoms with E-state index in [2.05, 4.69) is 10.1 Å². The third-order valence-electron chi connectivity index (χ3n) is 3.66. The largest absolute Gasteiger partial charge is 0.461 e. The summed E-state index contributed by atoms with van der Waals surface area (Å²) in [5.41, 5.74) is 5.33. The highest BCUT2D eigenvalue weighted by molar-refractivity contribution is 7.99. The fourth-order valence-corrected chi connectivity index (χ4v) is 4.07. The minimum Gasteiger partial charge on any atom is -0.461 e. The van der Waals surface area contributed by atoms with Crippen LogP contribution in [-0.4, -0.2) is 50.6 Å². The van der Waals surface area contributed by atoms with Crippen LogP contribution in [0.3, 0.4) is 0 Å². The minimum absolute atomic E-state index is 0.0449. The zero-order valence-electron chi connectivity index (χ0n) is 11.2. The number of hydrogen-bond donors (Lipinski definition) is 1. The van der Waals surface area contributed by atoms with Gasteiger partial charge in [0.05, 0.1) is 12.2 Å². The number of anilines is 1. The lowest BCUT2D eigenvalue weighted by atomic mass is 9.91. The zero-order chi connectivity index (χ0) is 14.0. The molecule has 0 aliphatic carbocycles. The van der Waals surface area contributed by atoms with Crippen LogP contribution in [0.2, 0.25) is 0 Å². The lowest BCUT2D eigenvalue weighted by molar-refractivity contribution is -0.163. The predicted octanol–water partition coefficient (Wildman–Crippen LogP) is 0.458. The van der Waals surface area contributed by atoms with E-state index in [0.717, 1.165) is 30.8 Å². The Morgan fingerprint density at radius 3 is 3.30 bits per heavy atom. The number of nitrogens with two attached hydrogens (primary N) is 1. The molecule has 0 bridgehead atoms. The predicted molar refractivity (Wildman–Crippen MR) is 74.2 cm³/mol. The van der Waals surface area contributed by atoms with Crippen LogP contribution in [-0.2, 0) is 20.8 Å². The van der Waals surface area contributed by atoms with Crippen LogP contribution in [0.5, 0.6) is 0 Å². The second kappa shape index (κ2) is 5.61. The third-order valence-corrected chi connectivity index (χ3v) is 4.88. The van der Waals surface area contributed by atoms with Crippen molar-refractivity contribution in [1.82, 2.24) is 14.8 Å². The average molecular weight is 298 g/mol. The number of nitrogens with zero attached hydrogens (tertiary/aromatic N) is 3. The molecule has 20 heavy (non-hydrogen) atoms. The topological polar surface area (TPSA) is 92.3 Å². The van der Waals surface area contributed by atoms with Gasteiger partial charge in [-0.15, -0.1) is 5.10 Å². The number of carbonyl (C=O) groups excluding carboxylic acids is 1. The standard InChI is InChI=1S/C12H18N4O3S/c13-11-14-8-16(15-11)6-10(17)19-9-1-3-18-12(5-9)2-4-20-7-12/h8-9H,1-7H2,(H2,13,15). The summed E-state index contributed by atoms with van der Waals surface area (Å²) < 4.78 is 12.8. The van der Waals surface area contributed by atoms with Crippen molar-refractivity contribution in [1.29, 1.82) is 0 Å². The van der Waals surface area contributed by atoms with E-state index in [-0.39, 0.29) is 30.2 Å². The second-order valence-corrected chi connectivity index (χ2v) is 6.34. The first-order valence-electron chi connectivity index (χ1n) is 6.71. The van der Waals surface area contributed by atoms with Gasteiger partial charge in [-0.05, 0) is 12.2 Å². The molecule has 0 radical (unpaired) electrons. The highest BCUT2D eigenvalue weighted by atomic mass is 32.2. The summed E-state index contributed by atoms with van der Waals surface area (Å²) in [7, 11) is 0. The molecular weight excluding hydrogens is 280 g/mol. The Kier molecular flexibility index (Phi) is 3.84. The molecule has 0 aromatic carbocycles. The molecule has 110 valence electrons. The van der Waals surface area contributed by atoms with Crippen molar-refractivity contribution in [3.8, 4) is 0 Å². The molecule has 2 unspecified atom stereocenters. The smallest absolute Gasteiger partial charge is 0.328 e. The van der Waals surface area contributed by atoms with Gasteiger partial charge in [0.1, 0.15) is 19.0 Å². The zero-order valence-corrected chi connectivity index (χ0v) is 12.0. The summed E-state index contributed by atoms with van der Waals surface area (Å²) in [5.74, 6) is 1.98. The lowest BCUT2D eigenvalue weighted by Crippen LogP contribution is -2.43. The van der Waals surface area contributed by atoms with Crippen molar-refractivity contribution in [2.24, 2.45) is 0 Å². The molecule has 1 aromatic rings. The van der Waals surface area contributed by atoms with Gasteiger partial charge in [0, 0.05) is 18.6 Å². The van der Waals surface area contributed by atoms with Crippen LogP contribution in [0, 0.1) is 0 Å². The van der Waals surface area contributed by atoms with E-state index in [9.17, 15) is 4.79 Å². The molecule has 2 N–H and O–H groups in total. The Morgan fingerprint density at radius 2 is 2.60 bits per heavy atom. The number of nitrogen functional groups attached to an aromatic ring is 1. The van der Waals surface area contributed by atoms with Gasteiger partial charge in [0.2, 0.25) is 5.95 Å². The number of ether oxygens (including phenoxy) is 2. The molecule has 3 heterocycles. The number of hydrogen-bond acceptors (Lipinski definition) is 7. The number of aromatic nitrogens is 3. The van der Waals surface area contributed by atoms with Gasteiger partial charge in [-0.25, -0.2) is 9.67 Å². The van der Waals surface area contributed by atoms with Crippen LogP contribution in [0.4, 0.5) is 5.95 Å². The van der Waals surface area contributed by atoms with Crippen LogP contribution in [0.25, 0.3) is 0 Å². The van der Waals surface area contributed by atoms with E-state index >= 15 is 0 Å². The summed E-state index contributed by atoms with van der Waals surface area (Å²) in [6, 6.07) is 0. The molecule has 2 fully saturated rings. The molecule has 7 nitrogen and oxygen atoms in total.